The molecule has 0 aliphatic heterocycles. The Hall–Kier alpha value is -0.730. The lowest BCUT2D eigenvalue weighted by atomic mass is 10.0. The third-order valence-electron chi connectivity index (χ3n) is 2.17. The number of carbonyl (C=O) groups is 1. The van der Waals surface area contributed by atoms with E-state index >= 15 is 0 Å². The summed E-state index contributed by atoms with van der Waals surface area (Å²) >= 11 is 11.8. The van der Waals surface area contributed by atoms with Crippen LogP contribution < -0.4 is 0 Å². The molecule has 1 aromatic carbocycles. The lowest BCUT2D eigenvalue weighted by molar-refractivity contribution is -0.140. The van der Waals surface area contributed by atoms with Crippen LogP contribution in [0.5, 0.6) is 0 Å². The highest BCUT2D eigenvalue weighted by molar-refractivity contribution is 6.31. The topological polar surface area (TPSA) is 26.3 Å². The van der Waals surface area contributed by atoms with Gasteiger partial charge in [0.05, 0.1) is 7.11 Å². The standard InChI is InChI=1S/C11H12Cl2O2/c1-3-7-6-8(12)4-5-9(7)10(13)11(14)15-2/h4-6,10H,3H2,1-2H3. The Morgan fingerprint density at radius 3 is 2.73 bits per heavy atom. The number of aryl methyl sites for hydroxylation is 1. The quantitative estimate of drug-likeness (QED) is 0.604. The van der Waals surface area contributed by atoms with Gasteiger partial charge in [-0.05, 0) is 29.7 Å². The summed E-state index contributed by atoms with van der Waals surface area (Å²) in [5, 5.41) is -0.119. The molecule has 4 heteroatoms. The Labute approximate surface area is 99.1 Å². The summed E-state index contributed by atoms with van der Waals surface area (Å²) in [6.07, 6.45) is 0.774. The first-order valence-corrected chi connectivity index (χ1v) is 5.41. The Morgan fingerprint density at radius 1 is 1.53 bits per heavy atom. The summed E-state index contributed by atoms with van der Waals surface area (Å²) in [5.41, 5.74) is 1.73. The smallest absolute Gasteiger partial charge is 0.328 e. The highest BCUT2D eigenvalue weighted by Crippen LogP contribution is 2.27. The number of alkyl halides is 1. The van der Waals surface area contributed by atoms with Gasteiger partial charge in [0.2, 0.25) is 0 Å². The summed E-state index contributed by atoms with van der Waals surface area (Å²) in [6.45, 7) is 1.98. The average molecular weight is 247 g/mol. The van der Waals surface area contributed by atoms with Crippen molar-refractivity contribution in [3.05, 3.63) is 34.3 Å². The van der Waals surface area contributed by atoms with Crippen molar-refractivity contribution in [2.45, 2.75) is 18.7 Å². The molecule has 0 bridgehead atoms. The Bertz CT molecular complexity index is 364. The molecule has 1 unspecified atom stereocenters. The lowest BCUT2D eigenvalue weighted by Crippen LogP contribution is -2.10. The van der Waals surface area contributed by atoms with Crippen LogP contribution in [0.1, 0.15) is 23.4 Å². The van der Waals surface area contributed by atoms with Crippen molar-refractivity contribution in [2.75, 3.05) is 7.11 Å². The number of methoxy groups -OCH3 is 1. The minimum Gasteiger partial charge on any atom is -0.468 e. The minimum absolute atomic E-state index is 0.450. The molecule has 0 aromatic heterocycles. The van der Waals surface area contributed by atoms with Crippen LogP contribution in [0, 0.1) is 0 Å². The number of benzene rings is 1. The van der Waals surface area contributed by atoms with Gasteiger partial charge in [0.15, 0.2) is 5.38 Å². The van der Waals surface area contributed by atoms with Gasteiger partial charge in [-0.15, -0.1) is 11.6 Å². The summed E-state index contributed by atoms with van der Waals surface area (Å²) in [7, 11) is 1.32. The normalized spacial score (nSPS) is 12.3. The maximum absolute atomic E-state index is 11.3. The molecule has 0 saturated heterocycles. The van der Waals surface area contributed by atoms with E-state index in [4.69, 9.17) is 23.2 Å². The van der Waals surface area contributed by atoms with Crippen molar-refractivity contribution in [2.24, 2.45) is 0 Å². The molecular formula is C11H12Cl2O2. The molecule has 1 atom stereocenters. The van der Waals surface area contributed by atoms with E-state index in [-0.39, 0.29) is 0 Å². The highest BCUT2D eigenvalue weighted by Gasteiger charge is 2.20. The van der Waals surface area contributed by atoms with E-state index in [9.17, 15) is 4.79 Å². The van der Waals surface area contributed by atoms with Crippen molar-refractivity contribution in [1.29, 1.82) is 0 Å². The van der Waals surface area contributed by atoms with Crippen LogP contribution in [0.25, 0.3) is 0 Å². The zero-order chi connectivity index (χ0) is 11.4. The average Bonchev–Trinajstić information content (AvgIpc) is 2.26. The van der Waals surface area contributed by atoms with Crippen LogP contribution in [-0.4, -0.2) is 13.1 Å². The predicted octanol–water partition coefficient (Wildman–Crippen LogP) is 3.36. The van der Waals surface area contributed by atoms with Gasteiger partial charge in [0.1, 0.15) is 0 Å². The molecule has 0 saturated carbocycles. The molecular weight excluding hydrogens is 235 g/mol. The molecule has 0 radical (unpaired) electrons. The maximum Gasteiger partial charge on any atom is 0.328 e. The van der Waals surface area contributed by atoms with E-state index < -0.39 is 11.3 Å². The second kappa shape index (κ2) is 5.38. The maximum atomic E-state index is 11.3. The van der Waals surface area contributed by atoms with Crippen LogP contribution in [0.3, 0.4) is 0 Å². The van der Waals surface area contributed by atoms with Gasteiger partial charge in [-0.3, -0.25) is 4.79 Å². The van der Waals surface area contributed by atoms with Crippen molar-refractivity contribution < 1.29 is 9.53 Å². The molecule has 0 aliphatic rings. The van der Waals surface area contributed by atoms with E-state index in [1.165, 1.54) is 7.11 Å². The lowest BCUT2D eigenvalue weighted by Gasteiger charge is -2.12. The molecule has 0 aliphatic carbocycles. The number of rotatable bonds is 3. The predicted molar refractivity (Wildman–Crippen MR) is 61.4 cm³/mol. The summed E-state index contributed by atoms with van der Waals surface area (Å²) in [4.78, 5) is 11.3. The van der Waals surface area contributed by atoms with E-state index in [0.717, 1.165) is 17.5 Å². The summed E-state index contributed by atoms with van der Waals surface area (Å²) in [5.74, 6) is -0.450. The second-order valence-electron chi connectivity index (χ2n) is 3.08. The monoisotopic (exact) mass is 246 g/mol. The fourth-order valence-electron chi connectivity index (χ4n) is 1.36. The number of halogens is 2. The van der Waals surface area contributed by atoms with Gasteiger partial charge < -0.3 is 4.74 Å². The van der Waals surface area contributed by atoms with E-state index in [0.29, 0.717) is 5.02 Å². The molecule has 15 heavy (non-hydrogen) atoms. The van der Waals surface area contributed by atoms with Crippen molar-refractivity contribution in [3.63, 3.8) is 0 Å². The van der Waals surface area contributed by atoms with E-state index in [2.05, 4.69) is 4.74 Å². The molecule has 82 valence electrons. The van der Waals surface area contributed by atoms with Crippen LogP contribution >= 0.6 is 23.2 Å². The fourth-order valence-corrected chi connectivity index (χ4v) is 1.85. The molecule has 0 N–H and O–H groups in total. The van der Waals surface area contributed by atoms with Crippen molar-refractivity contribution >= 4 is 29.2 Å². The Kier molecular flexibility index (Phi) is 4.43. The van der Waals surface area contributed by atoms with E-state index in [1.807, 2.05) is 13.0 Å². The van der Waals surface area contributed by atoms with Crippen molar-refractivity contribution in [1.82, 2.24) is 0 Å². The van der Waals surface area contributed by atoms with Crippen LogP contribution in [0.4, 0.5) is 0 Å². The zero-order valence-electron chi connectivity index (χ0n) is 8.59. The first-order chi connectivity index (χ1) is 7.10. The minimum atomic E-state index is -0.762. The molecule has 0 fully saturated rings. The number of ether oxygens (including phenoxy) is 1. The molecule has 0 spiro atoms. The number of esters is 1. The van der Waals surface area contributed by atoms with Gasteiger partial charge in [-0.2, -0.15) is 0 Å². The Balaban J connectivity index is 3.07. The molecule has 0 amide bonds. The van der Waals surface area contributed by atoms with Crippen LogP contribution in [0.2, 0.25) is 5.02 Å². The van der Waals surface area contributed by atoms with Gasteiger partial charge in [-0.1, -0.05) is 24.6 Å². The number of carbonyl (C=O) groups excluding carboxylic acids is 1. The fraction of sp³-hybridized carbons (Fsp3) is 0.364. The van der Waals surface area contributed by atoms with Crippen molar-refractivity contribution in [3.8, 4) is 0 Å². The number of hydrogen-bond acceptors (Lipinski definition) is 2. The Morgan fingerprint density at radius 2 is 2.20 bits per heavy atom. The molecule has 1 aromatic rings. The zero-order valence-corrected chi connectivity index (χ0v) is 10.1. The summed E-state index contributed by atoms with van der Waals surface area (Å²) in [6, 6.07) is 5.29. The van der Waals surface area contributed by atoms with Gasteiger partial charge in [0, 0.05) is 5.02 Å². The first kappa shape index (κ1) is 12.3. The SMILES string of the molecule is CCc1cc(Cl)ccc1C(Cl)C(=O)OC. The highest BCUT2D eigenvalue weighted by atomic mass is 35.5. The largest absolute Gasteiger partial charge is 0.468 e. The second-order valence-corrected chi connectivity index (χ2v) is 3.96. The van der Waals surface area contributed by atoms with Gasteiger partial charge in [0.25, 0.3) is 0 Å². The molecule has 2 nitrogen and oxygen atoms in total. The van der Waals surface area contributed by atoms with E-state index in [1.54, 1.807) is 12.1 Å². The molecule has 1 rings (SSSR count). The first-order valence-electron chi connectivity index (χ1n) is 4.60. The van der Waals surface area contributed by atoms with Gasteiger partial charge >= 0.3 is 5.97 Å². The van der Waals surface area contributed by atoms with Crippen LogP contribution in [0.15, 0.2) is 18.2 Å². The third kappa shape index (κ3) is 2.86. The van der Waals surface area contributed by atoms with Gasteiger partial charge in [-0.25, -0.2) is 0 Å². The molecule has 0 heterocycles. The van der Waals surface area contributed by atoms with Crippen LogP contribution in [-0.2, 0) is 16.0 Å². The third-order valence-corrected chi connectivity index (χ3v) is 2.82. The number of hydrogen-bond donors (Lipinski definition) is 0. The summed E-state index contributed by atoms with van der Waals surface area (Å²) < 4.78 is 4.59.